The molecule has 2 heterocycles. The molecule has 0 amide bonds. The third-order valence-electron chi connectivity index (χ3n) is 5.70. The van der Waals surface area contributed by atoms with Crippen LogP contribution in [0.15, 0.2) is 65.8 Å². The van der Waals surface area contributed by atoms with Gasteiger partial charge in [-0.25, -0.2) is 4.99 Å². The molecule has 0 bridgehead atoms. The topological polar surface area (TPSA) is 74.9 Å². The van der Waals surface area contributed by atoms with Crippen LogP contribution in [0.2, 0.25) is 10.0 Å². The highest BCUT2D eigenvalue weighted by Crippen LogP contribution is 2.28. The van der Waals surface area contributed by atoms with Crippen LogP contribution in [0.5, 0.6) is 5.75 Å². The van der Waals surface area contributed by atoms with Gasteiger partial charge in [-0.3, -0.25) is 5.73 Å². The van der Waals surface area contributed by atoms with Gasteiger partial charge >= 0.3 is 0 Å². The first-order valence-electron chi connectivity index (χ1n) is 11.0. The fourth-order valence-corrected chi connectivity index (χ4v) is 4.27. The minimum Gasteiger partial charge on any atom is -0.490 e. The number of amidine groups is 1. The molecule has 2 aliphatic rings. The van der Waals surface area contributed by atoms with Gasteiger partial charge in [-0.05, 0) is 56.1 Å². The Labute approximate surface area is 199 Å². The van der Waals surface area contributed by atoms with Crippen molar-refractivity contribution in [3.63, 3.8) is 0 Å². The van der Waals surface area contributed by atoms with Crippen molar-refractivity contribution in [1.29, 1.82) is 0 Å². The molecule has 1 atom stereocenters. The predicted octanol–water partition coefficient (Wildman–Crippen LogP) is 4.86. The molecule has 0 spiro atoms. The van der Waals surface area contributed by atoms with E-state index in [0.717, 1.165) is 62.6 Å². The zero-order chi connectivity index (χ0) is 22.4. The maximum absolute atomic E-state index is 6.50. The summed E-state index contributed by atoms with van der Waals surface area (Å²) in [6, 6.07) is 15.4. The molecule has 2 aromatic carbocycles. The van der Waals surface area contributed by atoms with E-state index in [1.807, 2.05) is 48.7 Å². The van der Waals surface area contributed by atoms with Gasteiger partial charge in [-0.1, -0.05) is 41.4 Å². The zero-order valence-corrected chi connectivity index (χ0v) is 19.4. The molecular weight excluding hydrogens is 445 g/mol. The third kappa shape index (κ3) is 6.39. The van der Waals surface area contributed by atoms with Gasteiger partial charge in [0.25, 0.3) is 0 Å². The van der Waals surface area contributed by atoms with Crippen molar-refractivity contribution in [1.82, 2.24) is 10.2 Å². The van der Waals surface area contributed by atoms with E-state index < -0.39 is 5.79 Å². The number of aliphatic imine (C=N–C) groups is 1. The first-order valence-corrected chi connectivity index (χ1v) is 11.7. The number of nitrogens with zero attached hydrogens (tertiary/aromatic N) is 2. The van der Waals surface area contributed by atoms with Crippen LogP contribution in [0.4, 0.5) is 5.69 Å². The molecule has 32 heavy (non-hydrogen) atoms. The van der Waals surface area contributed by atoms with Crippen molar-refractivity contribution in [2.24, 2.45) is 10.7 Å². The molecule has 170 valence electrons. The molecule has 4 rings (SSSR count). The molecule has 1 unspecified atom stereocenters. The molecule has 6 nitrogen and oxygen atoms in total. The minimum atomic E-state index is -0.791. The second-order valence-electron chi connectivity index (χ2n) is 8.23. The monoisotopic (exact) mass is 473 g/mol. The van der Waals surface area contributed by atoms with Crippen molar-refractivity contribution in [3.05, 3.63) is 70.9 Å². The number of anilines is 1. The summed E-state index contributed by atoms with van der Waals surface area (Å²) in [7, 11) is 0. The maximum atomic E-state index is 6.50. The molecule has 0 radical (unpaired) electrons. The number of ether oxygens (including phenoxy) is 1. The lowest BCUT2D eigenvalue weighted by Gasteiger charge is -2.34. The van der Waals surface area contributed by atoms with Gasteiger partial charge in [0.2, 0.25) is 0 Å². The lowest BCUT2D eigenvalue weighted by molar-refractivity contribution is 0.0981. The summed E-state index contributed by atoms with van der Waals surface area (Å²) in [6.07, 6.45) is 7.64. The van der Waals surface area contributed by atoms with Gasteiger partial charge in [-0.15, -0.1) is 0 Å². The maximum Gasteiger partial charge on any atom is 0.184 e. The van der Waals surface area contributed by atoms with Gasteiger partial charge in [0.15, 0.2) is 5.79 Å². The zero-order valence-electron chi connectivity index (χ0n) is 17.9. The Kier molecular flexibility index (Phi) is 7.58. The molecular formula is C24H29Cl2N5O. The Morgan fingerprint density at radius 1 is 1.12 bits per heavy atom. The van der Waals surface area contributed by atoms with E-state index in [2.05, 4.69) is 15.5 Å². The van der Waals surface area contributed by atoms with E-state index in [4.69, 9.17) is 38.7 Å². The highest BCUT2D eigenvalue weighted by molar-refractivity contribution is 6.42. The normalized spacial score (nSPS) is 21.7. The first-order chi connectivity index (χ1) is 15.5. The van der Waals surface area contributed by atoms with Crippen LogP contribution in [0, 0.1) is 0 Å². The molecule has 2 aromatic rings. The van der Waals surface area contributed by atoms with Crippen LogP contribution in [-0.4, -0.2) is 42.3 Å². The lowest BCUT2D eigenvalue weighted by Crippen LogP contribution is -2.52. The Bertz CT molecular complexity index is 960. The number of hydrogen-bond acceptors (Lipinski definition) is 6. The first kappa shape index (κ1) is 22.9. The fraction of sp³-hybridized carbons (Fsp3) is 0.375. The highest BCUT2D eigenvalue weighted by Gasteiger charge is 2.26. The average molecular weight is 474 g/mol. The van der Waals surface area contributed by atoms with Crippen LogP contribution in [0.3, 0.4) is 0 Å². The average Bonchev–Trinajstić information content (AvgIpc) is 2.78. The van der Waals surface area contributed by atoms with E-state index in [1.54, 1.807) is 12.1 Å². The Hall–Kier alpha value is -2.25. The van der Waals surface area contributed by atoms with Gasteiger partial charge in [0, 0.05) is 37.5 Å². The van der Waals surface area contributed by atoms with Gasteiger partial charge in [-0.2, -0.15) is 0 Å². The molecule has 1 fully saturated rings. The van der Waals surface area contributed by atoms with E-state index in [-0.39, 0.29) is 6.10 Å². The molecule has 8 heteroatoms. The van der Waals surface area contributed by atoms with Gasteiger partial charge < -0.3 is 20.3 Å². The van der Waals surface area contributed by atoms with E-state index in [0.29, 0.717) is 10.0 Å². The number of nitrogens with two attached hydrogens (primary N) is 1. The number of hydrogen-bond donors (Lipinski definition) is 3. The number of piperidine rings is 1. The van der Waals surface area contributed by atoms with Crippen molar-refractivity contribution in [3.8, 4) is 5.75 Å². The summed E-state index contributed by atoms with van der Waals surface area (Å²) in [5, 5.41) is 7.58. The van der Waals surface area contributed by atoms with Crippen LogP contribution in [0.25, 0.3) is 0 Å². The van der Waals surface area contributed by atoms with Crippen LogP contribution in [-0.2, 0) is 0 Å². The fourth-order valence-electron chi connectivity index (χ4n) is 3.98. The second-order valence-corrected chi connectivity index (χ2v) is 9.04. The van der Waals surface area contributed by atoms with Crippen molar-refractivity contribution in [2.75, 3.05) is 25.0 Å². The molecule has 1 saturated heterocycles. The lowest BCUT2D eigenvalue weighted by atomic mass is 10.1. The third-order valence-corrected chi connectivity index (χ3v) is 6.44. The Morgan fingerprint density at radius 3 is 2.66 bits per heavy atom. The summed E-state index contributed by atoms with van der Waals surface area (Å²) in [5.41, 5.74) is 7.49. The van der Waals surface area contributed by atoms with Gasteiger partial charge in [0.05, 0.1) is 10.0 Å². The second kappa shape index (κ2) is 10.6. The molecule has 4 N–H and O–H groups in total. The molecule has 2 aliphatic heterocycles. The highest BCUT2D eigenvalue weighted by atomic mass is 35.5. The number of halogens is 2. The summed E-state index contributed by atoms with van der Waals surface area (Å²) in [6.45, 7) is 2.99. The van der Waals surface area contributed by atoms with Crippen LogP contribution >= 0.6 is 23.2 Å². The Morgan fingerprint density at radius 2 is 1.91 bits per heavy atom. The SMILES string of the molecule is NC1(CCCN2CCC(Oc3ccc(Cl)c(Cl)c3)CC2)N=C(Nc2ccccc2)C=CN1. The van der Waals surface area contributed by atoms with Crippen LogP contribution in [0.1, 0.15) is 25.7 Å². The summed E-state index contributed by atoms with van der Waals surface area (Å²) in [4.78, 5) is 7.15. The van der Waals surface area contributed by atoms with Crippen LogP contribution < -0.4 is 21.1 Å². The molecule has 0 saturated carbocycles. The van der Waals surface area contributed by atoms with Crippen molar-refractivity contribution in [2.45, 2.75) is 37.6 Å². The minimum absolute atomic E-state index is 0.200. The van der Waals surface area contributed by atoms with Crippen molar-refractivity contribution < 1.29 is 4.74 Å². The molecule has 0 aliphatic carbocycles. The quantitative estimate of drug-likeness (QED) is 0.535. The number of rotatable bonds is 7. The van der Waals surface area contributed by atoms with Gasteiger partial charge in [0.1, 0.15) is 17.7 Å². The van der Waals surface area contributed by atoms with E-state index >= 15 is 0 Å². The smallest absolute Gasteiger partial charge is 0.184 e. The van der Waals surface area contributed by atoms with E-state index in [9.17, 15) is 0 Å². The molecule has 0 aromatic heterocycles. The number of likely N-dealkylation sites (tertiary alicyclic amines) is 1. The van der Waals surface area contributed by atoms with E-state index in [1.165, 1.54) is 0 Å². The van der Waals surface area contributed by atoms with Crippen molar-refractivity contribution >= 4 is 34.7 Å². The largest absolute Gasteiger partial charge is 0.490 e. The number of para-hydroxylation sites is 1. The summed E-state index contributed by atoms with van der Waals surface area (Å²) in [5.74, 6) is 0.746. The summed E-state index contributed by atoms with van der Waals surface area (Å²) >= 11 is 12.1. The summed E-state index contributed by atoms with van der Waals surface area (Å²) < 4.78 is 6.08. The number of nitrogens with one attached hydrogen (secondary N) is 2. The predicted molar refractivity (Wildman–Crippen MR) is 132 cm³/mol. The Balaban J connectivity index is 1.20. The number of benzene rings is 2. The standard InChI is InChI=1S/C24H29Cl2N5O/c25-21-8-7-20(17-22(21)26)32-19-10-15-31(16-11-19)14-4-12-24(27)28-13-9-23(30-24)29-18-5-2-1-3-6-18/h1-3,5-9,13,17,19,28H,4,10-12,14-16,27H2,(H,29,30).